The van der Waals surface area contributed by atoms with Gasteiger partial charge < -0.3 is 25.0 Å². The standard InChI is InChI=1S/C26H24ClN3O5S/c1-28-24(32)15-3-5-18-21(10-15)35-8-7-14-11-22(36-23(14)18)26(34)29(2)20-9-16(4-6-19(20)27)25(33)30-12-17(31)13-30/h3-6,9-11,17,31H,7-8,12-13H2,1-2H3,(H,28,32). The predicted octanol–water partition coefficient (Wildman–Crippen LogP) is 3.46. The smallest absolute Gasteiger partial charge is 0.268 e. The lowest BCUT2D eigenvalue weighted by molar-refractivity contribution is 0.00590. The fourth-order valence-electron chi connectivity index (χ4n) is 4.31. The molecule has 1 saturated heterocycles. The van der Waals surface area contributed by atoms with E-state index in [1.807, 2.05) is 12.1 Å². The number of nitrogens with one attached hydrogen (secondary N) is 1. The molecule has 0 unspecified atom stereocenters. The van der Waals surface area contributed by atoms with Crippen molar-refractivity contribution in [3.63, 3.8) is 0 Å². The summed E-state index contributed by atoms with van der Waals surface area (Å²) in [4.78, 5) is 42.7. The van der Waals surface area contributed by atoms with Gasteiger partial charge in [0.1, 0.15) is 5.75 Å². The third-order valence-electron chi connectivity index (χ3n) is 6.37. The zero-order valence-corrected chi connectivity index (χ0v) is 21.3. The van der Waals surface area contributed by atoms with Crippen LogP contribution in [0.1, 0.15) is 36.0 Å². The van der Waals surface area contributed by atoms with Crippen molar-refractivity contribution < 1.29 is 24.2 Å². The maximum absolute atomic E-state index is 13.5. The van der Waals surface area contributed by atoms with Gasteiger partial charge in [-0.25, -0.2) is 0 Å². The first-order valence-corrected chi connectivity index (χ1v) is 12.6. The summed E-state index contributed by atoms with van der Waals surface area (Å²) in [5.74, 6) is -0.0510. The highest BCUT2D eigenvalue weighted by molar-refractivity contribution is 7.17. The van der Waals surface area contributed by atoms with Gasteiger partial charge in [0.05, 0.1) is 28.3 Å². The Morgan fingerprint density at radius 3 is 2.61 bits per heavy atom. The number of halogens is 1. The van der Waals surface area contributed by atoms with Crippen LogP contribution < -0.4 is 15.0 Å². The summed E-state index contributed by atoms with van der Waals surface area (Å²) in [7, 11) is 3.21. The molecule has 0 atom stereocenters. The normalized spacial score (nSPS) is 14.6. The van der Waals surface area contributed by atoms with Crippen molar-refractivity contribution in [2.24, 2.45) is 0 Å². The quantitative estimate of drug-likeness (QED) is 0.543. The van der Waals surface area contributed by atoms with E-state index in [0.717, 1.165) is 16.0 Å². The van der Waals surface area contributed by atoms with Gasteiger partial charge >= 0.3 is 0 Å². The predicted molar refractivity (Wildman–Crippen MR) is 138 cm³/mol. The number of thiophene rings is 1. The molecular formula is C26H24ClN3O5S. The number of β-amino-alcohol motifs (C(OH)–C–C–N with tert-alkyl or cyclic N) is 1. The molecule has 3 aromatic rings. The number of aliphatic hydroxyl groups is 1. The van der Waals surface area contributed by atoms with Crippen molar-refractivity contribution in [3.05, 3.63) is 69.1 Å². The molecule has 0 bridgehead atoms. The van der Waals surface area contributed by atoms with Gasteiger partial charge in [0.15, 0.2) is 0 Å². The minimum absolute atomic E-state index is 0.197. The summed E-state index contributed by atoms with van der Waals surface area (Å²) < 4.78 is 5.90. The van der Waals surface area contributed by atoms with Crippen molar-refractivity contribution in [2.45, 2.75) is 12.5 Å². The number of fused-ring (bicyclic) bond motifs is 3. The first-order chi connectivity index (χ1) is 17.3. The molecule has 0 aliphatic carbocycles. The molecule has 1 fully saturated rings. The fraction of sp³-hybridized carbons (Fsp3) is 0.269. The monoisotopic (exact) mass is 525 g/mol. The number of carbonyl (C=O) groups excluding carboxylic acids is 3. The number of amides is 3. The molecule has 0 saturated carbocycles. The highest BCUT2D eigenvalue weighted by Gasteiger charge is 2.30. The highest BCUT2D eigenvalue weighted by atomic mass is 35.5. The van der Waals surface area contributed by atoms with E-state index in [0.29, 0.717) is 58.6 Å². The van der Waals surface area contributed by atoms with E-state index in [9.17, 15) is 19.5 Å². The molecule has 3 amide bonds. The van der Waals surface area contributed by atoms with Gasteiger partial charge in [-0.3, -0.25) is 14.4 Å². The number of benzene rings is 2. The first-order valence-electron chi connectivity index (χ1n) is 11.4. The number of hydrogen-bond acceptors (Lipinski definition) is 6. The van der Waals surface area contributed by atoms with Crippen LogP contribution in [0.5, 0.6) is 5.75 Å². The SMILES string of the molecule is CNC(=O)c1ccc2c(c1)OCCc1cc(C(=O)N(C)c3cc(C(=O)N4CC(O)C4)ccc3Cl)sc1-2. The molecule has 5 rings (SSSR count). The van der Waals surface area contributed by atoms with Gasteiger partial charge in [-0.1, -0.05) is 11.6 Å². The second kappa shape index (κ2) is 9.57. The number of ether oxygens (including phenoxy) is 1. The molecular weight excluding hydrogens is 502 g/mol. The van der Waals surface area contributed by atoms with Crippen LogP contribution in [0.3, 0.4) is 0 Å². The van der Waals surface area contributed by atoms with Crippen LogP contribution in [0.4, 0.5) is 5.69 Å². The Hall–Kier alpha value is -3.40. The number of nitrogens with zero attached hydrogens (tertiary/aromatic N) is 2. The summed E-state index contributed by atoms with van der Waals surface area (Å²) in [6.45, 7) is 1.02. The summed E-state index contributed by atoms with van der Waals surface area (Å²) in [6, 6.07) is 12.0. The van der Waals surface area contributed by atoms with Gasteiger partial charge in [-0.05, 0) is 48.0 Å². The molecule has 2 aromatic carbocycles. The van der Waals surface area contributed by atoms with E-state index in [2.05, 4.69) is 5.32 Å². The van der Waals surface area contributed by atoms with Crippen molar-refractivity contribution in [1.29, 1.82) is 0 Å². The van der Waals surface area contributed by atoms with Crippen LogP contribution in [-0.2, 0) is 6.42 Å². The van der Waals surface area contributed by atoms with E-state index < -0.39 is 6.10 Å². The summed E-state index contributed by atoms with van der Waals surface area (Å²) in [6.07, 6.45) is 0.129. The van der Waals surface area contributed by atoms with Gasteiger partial charge in [-0.2, -0.15) is 0 Å². The number of likely N-dealkylation sites (tertiary alicyclic amines) is 1. The number of rotatable bonds is 4. The van der Waals surface area contributed by atoms with Gasteiger partial charge in [0.2, 0.25) is 0 Å². The number of hydrogen-bond donors (Lipinski definition) is 2. The van der Waals surface area contributed by atoms with Crippen LogP contribution in [-0.4, -0.2) is 67.6 Å². The maximum Gasteiger partial charge on any atom is 0.268 e. The van der Waals surface area contributed by atoms with Gasteiger partial charge in [0.25, 0.3) is 17.7 Å². The van der Waals surface area contributed by atoms with E-state index in [-0.39, 0.29) is 17.7 Å². The summed E-state index contributed by atoms with van der Waals surface area (Å²) in [5, 5.41) is 12.5. The van der Waals surface area contributed by atoms with Crippen LogP contribution in [0.25, 0.3) is 10.4 Å². The second-order valence-electron chi connectivity index (χ2n) is 8.75. The van der Waals surface area contributed by atoms with Crippen LogP contribution in [0.2, 0.25) is 5.02 Å². The van der Waals surface area contributed by atoms with E-state index in [1.165, 1.54) is 16.2 Å². The first kappa shape index (κ1) is 24.3. The Labute approximate surface area is 217 Å². The third kappa shape index (κ3) is 4.34. The molecule has 0 spiro atoms. The Kier molecular flexibility index (Phi) is 6.46. The van der Waals surface area contributed by atoms with Crippen LogP contribution >= 0.6 is 22.9 Å². The molecule has 2 N–H and O–H groups in total. The summed E-state index contributed by atoms with van der Waals surface area (Å²) in [5.41, 5.74) is 3.17. The second-order valence-corrected chi connectivity index (χ2v) is 10.2. The van der Waals surface area contributed by atoms with E-state index in [4.69, 9.17) is 16.3 Å². The maximum atomic E-state index is 13.5. The van der Waals surface area contributed by atoms with E-state index >= 15 is 0 Å². The number of aliphatic hydroxyl groups excluding tert-OH is 1. The molecule has 2 aliphatic heterocycles. The third-order valence-corrected chi connectivity index (χ3v) is 7.89. The lowest BCUT2D eigenvalue weighted by atomic mass is 10.0. The average molecular weight is 526 g/mol. The number of carbonyl (C=O) groups is 3. The lowest BCUT2D eigenvalue weighted by Gasteiger charge is -2.36. The topological polar surface area (TPSA) is 99.2 Å². The van der Waals surface area contributed by atoms with Crippen molar-refractivity contribution in [3.8, 4) is 16.2 Å². The van der Waals surface area contributed by atoms with Gasteiger partial charge in [-0.15, -0.1) is 11.3 Å². The molecule has 0 radical (unpaired) electrons. The van der Waals surface area contributed by atoms with Crippen molar-refractivity contribution in [2.75, 3.05) is 38.7 Å². The summed E-state index contributed by atoms with van der Waals surface area (Å²) >= 11 is 7.77. The molecule has 10 heteroatoms. The van der Waals surface area contributed by atoms with E-state index in [1.54, 1.807) is 49.3 Å². The zero-order valence-electron chi connectivity index (χ0n) is 19.7. The molecule has 8 nitrogen and oxygen atoms in total. The minimum Gasteiger partial charge on any atom is -0.493 e. The van der Waals surface area contributed by atoms with Crippen LogP contribution in [0, 0.1) is 0 Å². The Morgan fingerprint density at radius 2 is 1.89 bits per heavy atom. The fourth-order valence-corrected chi connectivity index (χ4v) is 5.78. The number of anilines is 1. The Morgan fingerprint density at radius 1 is 1.14 bits per heavy atom. The Balaban J connectivity index is 1.43. The Bertz CT molecular complexity index is 1380. The molecule has 3 heterocycles. The van der Waals surface area contributed by atoms with Crippen molar-refractivity contribution in [1.82, 2.24) is 10.2 Å². The zero-order chi connectivity index (χ0) is 25.6. The molecule has 2 aliphatic rings. The van der Waals surface area contributed by atoms with Gasteiger partial charge in [0, 0.05) is 55.2 Å². The molecule has 1 aromatic heterocycles. The molecule has 36 heavy (non-hydrogen) atoms. The minimum atomic E-state index is -0.495. The van der Waals surface area contributed by atoms with Crippen molar-refractivity contribution >= 4 is 46.3 Å². The largest absolute Gasteiger partial charge is 0.493 e. The lowest BCUT2D eigenvalue weighted by Crippen LogP contribution is -2.53. The average Bonchev–Trinajstić information content (AvgIpc) is 3.21. The van der Waals surface area contributed by atoms with Crippen LogP contribution in [0.15, 0.2) is 42.5 Å². The molecule has 186 valence electrons. The highest BCUT2D eigenvalue weighted by Crippen LogP contribution is 2.42.